The van der Waals surface area contributed by atoms with Gasteiger partial charge in [0.2, 0.25) is 0 Å². The lowest BCUT2D eigenvalue weighted by Gasteiger charge is -2.34. The summed E-state index contributed by atoms with van der Waals surface area (Å²) in [6, 6.07) is 14.7. The Hall–Kier alpha value is -2.40. The van der Waals surface area contributed by atoms with Crippen LogP contribution in [0, 0.1) is 5.92 Å². The molecule has 0 unspecified atom stereocenters. The molecule has 5 heteroatoms. The standard InChI is InChI=1S/C23H30N4O/c1-25-13-15-26(16-14-25)21-7-10-24-22(18-21)23(28)27-11-8-20(9-12-27)17-19-5-3-2-4-6-19/h2-7,10,18,20H,8-9,11-17H2,1H3. The van der Waals surface area contributed by atoms with Crippen LogP contribution in [0.15, 0.2) is 48.7 Å². The minimum absolute atomic E-state index is 0.0779. The highest BCUT2D eigenvalue weighted by atomic mass is 16.2. The van der Waals surface area contributed by atoms with Gasteiger partial charge in [-0.25, -0.2) is 0 Å². The summed E-state index contributed by atoms with van der Waals surface area (Å²) in [5, 5.41) is 0. The van der Waals surface area contributed by atoms with E-state index in [0.717, 1.165) is 64.2 Å². The molecule has 2 saturated heterocycles. The van der Waals surface area contributed by atoms with Gasteiger partial charge in [-0.05, 0) is 49.9 Å². The number of amides is 1. The number of aromatic nitrogens is 1. The Morgan fingerprint density at radius 1 is 1.00 bits per heavy atom. The lowest BCUT2D eigenvalue weighted by molar-refractivity contribution is 0.0684. The number of nitrogens with zero attached hydrogens (tertiary/aromatic N) is 4. The van der Waals surface area contributed by atoms with E-state index in [1.165, 1.54) is 5.56 Å². The first kappa shape index (κ1) is 18.9. The molecule has 0 N–H and O–H groups in total. The van der Waals surface area contributed by atoms with E-state index in [2.05, 4.69) is 52.2 Å². The molecule has 2 aliphatic rings. The Balaban J connectivity index is 1.34. The van der Waals surface area contributed by atoms with Crippen LogP contribution in [0.3, 0.4) is 0 Å². The van der Waals surface area contributed by atoms with Crippen molar-refractivity contribution in [1.82, 2.24) is 14.8 Å². The SMILES string of the molecule is CN1CCN(c2ccnc(C(=O)N3CCC(Cc4ccccc4)CC3)c2)CC1. The van der Waals surface area contributed by atoms with Crippen LogP contribution in [0.25, 0.3) is 0 Å². The van der Waals surface area contributed by atoms with Crippen LogP contribution < -0.4 is 4.90 Å². The fourth-order valence-corrected chi connectivity index (χ4v) is 4.25. The molecule has 2 fully saturated rings. The van der Waals surface area contributed by atoms with Crippen LogP contribution in [-0.4, -0.2) is 67.0 Å². The summed E-state index contributed by atoms with van der Waals surface area (Å²) in [5.41, 5.74) is 3.09. The number of piperidine rings is 1. The third-order valence-electron chi connectivity index (χ3n) is 6.10. The van der Waals surface area contributed by atoms with Crippen molar-refractivity contribution in [3.8, 4) is 0 Å². The number of hydrogen-bond donors (Lipinski definition) is 0. The second kappa shape index (κ2) is 8.74. The smallest absolute Gasteiger partial charge is 0.272 e. The Labute approximate surface area is 168 Å². The van der Waals surface area contributed by atoms with Crippen molar-refractivity contribution >= 4 is 11.6 Å². The van der Waals surface area contributed by atoms with Gasteiger partial charge in [0, 0.05) is 51.2 Å². The van der Waals surface area contributed by atoms with Crippen molar-refractivity contribution in [1.29, 1.82) is 0 Å². The van der Waals surface area contributed by atoms with Gasteiger partial charge in [0.1, 0.15) is 5.69 Å². The van der Waals surface area contributed by atoms with Gasteiger partial charge in [-0.1, -0.05) is 30.3 Å². The number of benzene rings is 1. The summed E-state index contributed by atoms with van der Waals surface area (Å²) in [6.07, 6.45) is 5.03. The van der Waals surface area contributed by atoms with Crippen molar-refractivity contribution in [3.63, 3.8) is 0 Å². The van der Waals surface area contributed by atoms with Crippen molar-refractivity contribution < 1.29 is 4.79 Å². The number of likely N-dealkylation sites (N-methyl/N-ethyl adjacent to an activating group) is 1. The number of likely N-dealkylation sites (tertiary alicyclic amines) is 1. The lowest BCUT2D eigenvalue weighted by Crippen LogP contribution is -2.44. The molecule has 0 spiro atoms. The van der Waals surface area contributed by atoms with Crippen LogP contribution in [-0.2, 0) is 6.42 Å². The number of carbonyl (C=O) groups excluding carboxylic acids is 1. The average molecular weight is 379 g/mol. The minimum Gasteiger partial charge on any atom is -0.369 e. The molecule has 0 radical (unpaired) electrons. The number of piperazine rings is 1. The van der Waals surface area contributed by atoms with Crippen molar-refractivity contribution in [2.24, 2.45) is 5.92 Å². The summed E-state index contributed by atoms with van der Waals surface area (Å²) in [5.74, 6) is 0.741. The average Bonchev–Trinajstić information content (AvgIpc) is 2.75. The van der Waals surface area contributed by atoms with Gasteiger partial charge in [-0.3, -0.25) is 9.78 Å². The number of carbonyl (C=O) groups is 1. The maximum atomic E-state index is 13.0. The Bertz CT molecular complexity index is 778. The van der Waals surface area contributed by atoms with Crippen LogP contribution in [0.1, 0.15) is 28.9 Å². The quantitative estimate of drug-likeness (QED) is 0.820. The highest BCUT2D eigenvalue weighted by Gasteiger charge is 2.25. The Morgan fingerprint density at radius 3 is 2.43 bits per heavy atom. The summed E-state index contributed by atoms with van der Waals surface area (Å²) in [4.78, 5) is 24.0. The fourth-order valence-electron chi connectivity index (χ4n) is 4.25. The molecule has 4 rings (SSSR count). The number of hydrogen-bond acceptors (Lipinski definition) is 4. The van der Waals surface area contributed by atoms with E-state index in [0.29, 0.717) is 11.6 Å². The molecule has 2 aromatic rings. The van der Waals surface area contributed by atoms with Crippen LogP contribution in [0.2, 0.25) is 0 Å². The topological polar surface area (TPSA) is 39.7 Å². The molecule has 0 aliphatic carbocycles. The van der Waals surface area contributed by atoms with Crippen molar-refractivity contribution in [2.75, 3.05) is 51.2 Å². The Kier molecular flexibility index (Phi) is 5.91. The van der Waals surface area contributed by atoms with E-state index in [1.54, 1.807) is 6.20 Å². The molecule has 1 amide bonds. The normalized spacial score (nSPS) is 19.0. The maximum Gasteiger partial charge on any atom is 0.272 e. The monoisotopic (exact) mass is 378 g/mol. The zero-order valence-electron chi connectivity index (χ0n) is 16.8. The highest BCUT2D eigenvalue weighted by molar-refractivity contribution is 5.93. The van der Waals surface area contributed by atoms with E-state index in [-0.39, 0.29) is 5.91 Å². The molecule has 0 bridgehead atoms. The first-order valence-electron chi connectivity index (χ1n) is 10.4. The minimum atomic E-state index is 0.0779. The molecular formula is C23H30N4O. The zero-order valence-corrected chi connectivity index (χ0v) is 16.8. The first-order valence-corrected chi connectivity index (χ1v) is 10.4. The second-order valence-electron chi connectivity index (χ2n) is 8.11. The zero-order chi connectivity index (χ0) is 19.3. The van der Waals surface area contributed by atoms with E-state index < -0.39 is 0 Å². The molecule has 0 atom stereocenters. The van der Waals surface area contributed by atoms with E-state index in [4.69, 9.17) is 0 Å². The van der Waals surface area contributed by atoms with Crippen LogP contribution >= 0.6 is 0 Å². The third-order valence-corrected chi connectivity index (χ3v) is 6.10. The van der Waals surface area contributed by atoms with E-state index >= 15 is 0 Å². The number of rotatable bonds is 4. The predicted molar refractivity (Wildman–Crippen MR) is 113 cm³/mol. The summed E-state index contributed by atoms with van der Waals surface area (Å²) in [6.45, 7) is 5.77. The van der Waals surface area contributed by atoms with Crippen LogP contribution in [0.5, 0.6) is 0 Å². The molecule has 0 saturated carbocycles. The van der Waals surface area contributed by atoms with Gasteiger partial charge in [0.15, 0.2) is 0 Å². The summed E-state index contributed by atoms with van der Waals surface area (Å²) >= 11 is 0. The van der Waals surface area contributed by atoms with E-state index in [9.17, 15) is 4.79 Å². The van der Waals surface area contributed by atoms with Crippen molar-refractivity contribution in [2.45, 2.75) is 19.3 Å². The Morgan fingerprint density at radius 2 is 1.71 bits per heavy atom. The molecule has 28 heavy (non-hydrogen) atoms. The molecular weight excluding hydrogens is 348 g/mol. The van der Waals surface area contributed by atoms with E-state index in [1.807, 2.05) is 17.0 Å². The summed E-state index contributed by atoms with van der Waals surface area (Å²) in [7, 11) is 2.15. The molecule has 1 aromatic heterocycles. The summed E-state index contributed by atoms with van der Waals surface area (Å²) < 4.78 is 0. The van der Waals surface area contributed by atoms with Gasteiger partial charge in [-0.15, -0.1) is 0 Å². The number of anilines is 1. The van der Waals surface area contributed by atoms with Gasteiger partial charge in [0.05, 0.1) is 0 Å². The van der Waals surface area contributed by atoms with Crippen molar-refractivity contribution in [3.05, 3.63) is 59.9 Å². The molecule has 3 heterocycles. The van der Waals surface area contributed by atoms with Gasteiger partial charge in [-0.2, -0.15) is 0 Å². The largest absolute Gasteiger partial charge is 0.369 e. The van der Waals surface area contributed by atoms with Gasteiger partial charge in [0.25, 0.3) is 5.91 Å². The predicted octanol–water partition coefficient (Wildman–Crippen LogP) is 2.93. The van der Waals surface area contributed by atoms with Gasteiger partial charge < -0.3 is 14.7 Å². The second-order valence-corrected chi connectivity index (χ2v) is 8.11. The molecule has 1 aromatic carbocycles. The molecule has 148 valence electrons. The van der Waals surface area contributed by atoms with Gasteiger partial charge >= 0.3 is 0 Å². The lowest BCUT2D eigenvalue weighted by atomic mass is 9.90. The maximum absolute atomic E-state index is 13.0. The fraction of sp³-hybridized carbons (Fsp3) is 0.478. The third kappa shape index (κ3) is 4.53. The molecule has 2 aliphatic heterocycles. The van der Waals surface area contributed by atoms with Crippen LogP contribution in [0.4, 0.5) is 5.69 Å². The number of pyridine rings is 1. The molecule has 5 nitrogen and oxygen atoms in total. The first-order chi connectivity index (χ1) is 13.7. The highest BCUT2D eigenvalue weighted by Crippen LogP contribution is 2.23.